The number of nitrogens with one attached hydrogen (secondary N) is 2. The number of carbonyl (C=O) groups excluding carboxylic acids is 1. The van der Waals surface area contributed by atoms with E-state index in [9.17, 15) is 4.79 Å². The number of nitrogens with zero attached hydrogens (tertiary/aromatic N) is 2. The topological polar surface area (TPSA) is 100 Å². The summed E-state index contributed by atoms with van der Waals surface area (Å²) in [6.07, 6.45) is 3.37. The van der Waals surface area contributed by atoms with Crippen molar-refractivity contribution in [2.24, 2.45) is 5.73 Å². The third-order valence-electron chi connectivity index (χ3n) is 2.58. The Morgan fingerprint density at radius 3 is 2.94 bits per heavy atom. The first-order chi connectivity index (χ1) is 8.27. The van der Waals surface area contributed by atoms with Gasteiger partial charge in [-0.3, -0.25) is 9.89 Å². The molecule has 3 aromatic rings. The highest BCUT2D eigenvalue weighted by Crippen LogP contribution is 2.27. The van der Waals surface area contributed by atoms with Crippen LogP contribution >= 0.6 is 0 Å². The fourth-order valence-corrected chi connectivity index (χ4v) is 1.86. The summed E-state index contributed by atoms with van der Waals surface area (Å²) in [4.78, 5) is 18.5. The zero-order valence-corrected chi connectivity index (χ0v) is 8.77. The quantitative estimate of drug-likeness (QED) is 0.610. The Morgan fingerprint density at radius 1 is 1.35 bits per heavy atom. The molecule has 1 amide bonds. The number of benzene rings is 1. The Labute approximate surface area is 95.9 Å². The Hall–Kier alpha value is -2.63. The zero-order valence-electron chi connectivity index (χ0n) is 8.77. The van der Waals surface area contributed by atoms with Gasteiger partial charge >= 0.3 is 0 Å². The van der Waals surface area contributed by atoms with Crippen molar-refractivity contribution in [3.63, 3.8) is 0 Å². The van der Waals surface area contributed by atoms with Gasteiger partial charge in [-0.2, -0.15) is 5.10 Å². The lowest BCUT2D eigenvalue weighted by atomic mass is 10.1. The highest BCUT2D eigenvalue weighted by molar-refractivity contribution is 6.09. The van der Waals surface area contributed by atoms with Gasteiger partial charge in [0.1, 0.15) is 5.82 Å². The van der Waals surface area contributed by atoms with Crippen LogP contribution in [0, 0.1) is 0 Å². The largest absolute Gasteiger partial charge is 0.364 e. The standard InChI is InChI=1S/C11H9N5O/c12-10(17)9-8-6(11-13-4-5-14-11)2-1-3-7(8)15-16-9/h1-5H,(H2,12,17)(H,13,14)(H,15,16). The normalized spacial score (nSPS) is 10.8. The summed E-state index contributed by atoms with van der Waals surface area (Å²) in [5, 5.41) is 7.39. The maximum absolute atomic E-state index is 11.3. The second-order valence-electron chi connectivity index (χ2n) is 3.60. The predicted octanol–water partition coefficient (Wildman–Crippen LogP) is 1.05. The molecule has 0 unspecified atom stereocenters. The van der Waals surface area contributed by atoms with Gasteiger partial charge in [-0.05, 0) is 6.07 Å². The van der Waals surface area contributed by atoms with Crippen LogP contribution < -0.4 is 5.73 Å². The molecule has 0 bridgehead atoms. The molecule has 0 spiro atoms. The van der Waals surface area contributed by atoms with Gasteiger partial charge in [-0.15, -0.1) is 0 Å². The number of hydrogen-bond acceptors (Lipinski definition) is 3. The Balaban J connectivity index is 2.38. The SMILES string of the molecule is NC(=O)c1n[nH]c2cccc(-c3ncc[nH]3)c12. The minimum Gasteiger partial charge on any atom is -0.364 e. The van der Waals surface area contributed by atoms with Crippen LogP contribution in [0.2, 0.25) is 0 Å². The molecule has 6 heteroatoms. The summed E-state index contributed by atoms with van der Waals surface area (Å²) < 4.78 is 0. The maximum atomic E-state index is 11.3. The van der Waals surface area contributed by atoms with E-state index in [1.165, 1.54) is 0 Å². The number of amides is 1. The number of primary amides is 1. The van der Waals surface area contributed by atoms with E-state index in [1.807, 2.05) is 18.2 Å². The molecule has 0 aliphatic rings. The number of carbonyl (C=O) groups is 1. The van der Waals surface area contributed by atoms with E-state index in [0.717, 1.165) is 11.1 Å². The molecule has 3 rings (SSSR count). The van der Waals surface area contributed by atoms with Crippen molar-refractivity contribution < 1.29 is 4.79 Å². The lowest BCUT2D eigenvalue weighted by Crippen LogP contribution is -2.12. The highest BCUT2D eigenvalue weighted by Gasteiger charge is 2.16. The van der Waals surface area contributed by atoms with Crippen molar-refractivity contribution in [2.75, 3.05) is 0 Å². The van der Waals surface area contributed by atoms with Gasteiger partial charge in [0, 0.05) is 23.3 Å². The van der Waals surface area contributed by atoms with E-state index in [0.29, 0.717) is 11.2 Å². The average Bonchev–Trinajstić information content (AvgIpc) is 2.97. The Bertz CT molecular complexity index is 683. The van der Waals surface area contributed by atoms with E-state index >= 15 is 0 Å². The first-order valence-corrected chi connectivity index (χ1v) is 5.04. The van der Waals surface area contributed by atoms with Gasteiger partial charge in [0.2, 0.25) is 0 Å². The molecule has 0 saturated carbocycles. The molecule has 17 heavy (non-hydrogen) atoms. The van der Waals surface area contributed by atoms with E-state index in [4.69, 9.17) is 5.73 Å². The molecule has 4 N–H and O–H groups in total. The number of fused-ring (bicyclic) bond motifs is 1. The molecule has 0 aliphatic carbocycles. The average molecular weight is 227 g/mol. The van der Waals surface area contributed by atoms with Crippen LogP contribution in [0.3, 0.4) is 0 Å². The van der Waals surface area contributed by atoms with Crippen LogP contribution in [-0.4, -0.2) is 26.1 Å². The molecule has 6 nitrogen and oxygen atoms in total. The van der Waals surface area contributed by atoms with Gasteiger partial charge in [0.15, 0.2) is 5.69 Å². The summed E-state index contributed by atoms with van der Waals surface area (Å²) in [6, 6.07) is 5.56. The summed E-state index contributed by atoms with van der Waals surface area (Å²) in [5.74, 6) is 0.120. The third kappa shape index (κ3) is 1.38. The molecule has 1 aromatic carbocycles. The second kappa shape index (κ2) is 3.44. The molecule has 0 atom stereocenters. The van der Waals surface area contributed by atoms with Crippen molar-refractivity contribution >= 4 is 16.8 Å². The number of hydrogen-bond donors (Lipinski definition) is 3. The van der Waals surface area contributed by atoms with Crippen molar-refractivity contribution in [2.45, 2.75) is 0 Å². The minimum absolute atomic E-state index is 0.229. The second-order valence-corrected chi connectivity index (χ2v) is 3.60. The molecule has 0 fully saturated rings. The molecule has 2 heterocycles. The van der Waals surface area contributed by atoms with Gasteiger partial charge in [0.05, 0.1) is 5.52 Å². The Morgan fingerprint density at radius 2 is 2.24 bits per heavy atom. The summed E-state index contributed by atoms with van der Waals surface area (Å²) in [7, 11) is 0. The van der Waals surface area contributed by atoms with Crippen molar-refractivity contribution in [3.8, 4) is 11.4 Å². The Kier molecular flexibility index (Phi) is 1.94. The van der Waals surface area contributed by atoms with Crippen LogP contribution in [0.15, 0.2) is 30.6 Å². The molecule has 0 radical (unpaired) electrons. The number of imidazole rings is 1. The van der Waals surface area contributed by atoms with Gasteiger partial charge in [-0.1, -0.05) is 12.1 Å². The van der Waals surface area contributed by atoms with E-state index in [-0.39, 0.29) is 5.69 Å². The number of aromatic nitrogens is 4. The fraction of sp³-hybridized carbons (Fsp3) is 0. The van der Waals surface area contributed by atoms with E-state index < -0.39 is 5.91 Å². The number of rotatable bonds is 2. The first kappa shape index (κ1) is 9.59. The lowest BCUT2D eigenvalue weighted by Gasteiger charge is -2.00. The van der Waals surface area contributed by atoms with Crippen molar-refractivity contribution in [1.29, 1.82) is 0 Å². The molecule has 0 saturated heterocycles. The molecule has 84 valence electrons. The van der Waals surface area contributed by atoms with E-state index in [2.05, 4.69) is 20.2 Å². The smallest absolute Gasteiger partial charge is 0.269 e. The summed E-state index contributed by atoms with van der Waals surface area (Å²) >= 11 is 0. The summed E-state index contributed by atoms with van der Waals surface area (Å²) in [6.45, 7) is 0. The maximum Gasteiger partial charge on any atom is 0.269 e. The molecular formula is C11H9N5O. The van der Waals surface area contributed by atoms with Gasteiger partial charge < -0.3 is 10.7 Å². The number of aromatic amines is 2. The lowest BCUT2D eigenvalue weighted by molar-refractivity contribution is 0.0997. The van der Waals surface area contributed by atoms with Crippen LogP contribution in [0.4, 0.5) is 0 Å². The fourth-order valence-electron chi connectivity index (χ4n) is 1.86. The molecule has 0 aliphatic heterocycles. The van der Waals surface area contributed by atoms with Gasteiger partial charge in [0.25, 0.3) is 5.91 Å². The highest BCUT2D eigenvalue weighted by atomic mass is 16.1. The van der Waals surface area contributed by atoms with Crippen LogP contribution in [-0.2, 0) is 0 Å². The third-order valence-corrected chi connectivity index (χ3v) is 2.58. The van der Waals surface area contributed by atoms with Crippen molar-refractivity contribution in [1.82, 2.24) is 20.2 Å². The van der Waals surface area contributed by atoms with Crippen LogP contribution in [0.25, 0.3) is 22.3 Å². The van der Waals surface area contributed by atoms with Crippen LogP contribution in [0.1, 0.15) is 10.5 Å². The zero-order chi connectivity index (χ0) is 11.8. The van der Waals surface area contributed by atoms with E-state index in [1.54, 1.807) is 12.4 Å². The monoisotopic (exact) mass is 227 g/mol. The minimum atomic E-state index is -0.560. The molecule has 2 aromatic heterocycles. The van der Waals surface area contributed by atoms with Gasteiger partial charge in [-0.25, -0.2) is 4.98 Å². The summed E-state index contributed by atoms with van der Waals surface area (Å²) in [5.41, 5.74) is 7.08. The van der Waals surface area contributed by atoms with Crippen LogP contribution in [0.5, 0.6) is 0 Å². The molecular weight excluding hydrogens is 218 g/mol. The predicted molar refractivity (Wildman–Crippen MR) is 62.2 cm³/mol. The number of H-pyrrole nitrogens is 2. The first-order valence-electron chi connectivity index (χ1n) is 5.04. The van der Waals surface area contributed by atoms with Crippen molar-refractivity contribution in [3.05, 3.63) is 36.3 Å². The number of nitrogens with two attached hydrogens (primary N) is 1.